The average Bonchev–Trinajstić information content (AvgIpc) is 1.42. The number of hydrogen-bond acceptors (Lipinski definition) is 23. The molecule has 1 aliphatic carbocycles. The number of hydrogen-bond donors (Lipinski definition) is 10. The molecule has 1 fully saturated rings. The van der Waals surface area contributed by atoms with Crippen molar-refractivity contribution in [2.45, 2.75) is 182 Å². The summed E-state index contributed by atoms with van der Waals surface area (Å²) >= 11 is 0. The van der Waals surface area contributed by atoms with E-state index in [9.17, 15) is 63.6 Å². The maximum Gasteiger partial charge on any atom is 0.411 e. The fourth-order valence-electron chi connectivity index (χ4n) is 15.9. The molecule has 11 N–H and O–H groups in total. The lowest BCUT2D eigenvalue weighted by molar-refractivity contribution is -0.928. The van der Waals surface area contributed by atoms with Crippen molar-refractivity contribution in [2.24, 2.45) is 41.2 Å². The number of nitrogens with one attached hydrogen (secondary N) is 5. The van der Waals surface area contributed by atoms with Crippen molar-refractivity contribution in [2.75, 3.05) is 68.2 Å². The second-order valence-electron chi connectivity index (χ2n) is 32.3. The number of piperidine rings is 1. The van der Waals surface area contributed by atoms with E-state index in [0.29, 0.717) is 72.4 Å². The maximum absolute atomic E-state index is 15.2. The minimum absolute atomic E-state index is 0.00960. The molecule has 632 valence electrons. The highest BCUT2D eigenvalue weighted by Crippen LogP contribution is 2.51. The first-order chi connectivity index (χ1) is 55.9. The topological polar surface area (TPSA) is 434 Å². The number of primary amides is 1. The summed E-state index contributed by atoms with van der Waals surface area (Å²) in [4.78, 5) is 154. The van der Waals surface area contributed by atoms with E-state index in [-0.39, 0.29) is 131 Å². The number of fused-ring (bicyclic) bond motifs is 2. The van der Waals surface area contributed by atoms with E-state index >= 15 is 9.59 Å². The molecule has 118 heavy (non-hydrogen) atoms. The molecule has 31 nitrogen and oxygen atoms in total. The summed E-state index contributed by atoms with van der Waals surface area (Å²) in [6.45, 7) is 18.0. The second-order valence-corrected chi connectivity index (χ2v) is 32.3. The lowest BCUT2D eigenvalue weighted by atomic mass is 9.78. The number of carbonyl (C=O) groups excluding carboxylic acids is 10. The molecule has 0 aromatic heterocycles. The molecule has 0 saturated carbocycles. The van der Waals surface area contributed by atoms with Crippen molar-refractivity contribution in [3.8, 4) is 28.7 Å². The van der Waals surface area contributed by atoms with Crippen LogP contribution < -0.4 is 47.4 Å². The number of nitrogens with two attached hydrogens (primary N) is 1. The van der Waals surface area contributed by atoms with E-state index in [4.69, 9.17) is 38.8 Å². The average molecular weight is 1630 g/mol. The van der Waals surface area contributed by atoms with Gasteiger partial charge in [0.15, 0.2) is 17.1 Å². The zero-order valence-corrected chi connectivity index (χ0v) is 68.9. The lowest BCUT2D eigenvalue weighted by Gasteiger charge is -2.43. The number of phenols is 2. The van der Waals surface area contributed by atoms with Crippen LogP contribution in [0.3, 0.4) is 0 Å². The van der Waals surface area contributed by atoms with Gasteiger partial charge in [0.2, 0.25) is 17.2 Å². The number of aliphatic hydroxyl groups excluding tert-OH is 2. The number of unbranched alkanes of at least 4 members (excludes halogenated alkanes) is 2. The Morgan fingerprint density at radius 3 is 2.13 bits per heavy atom. The van der Waals surface area contributed by atoms with Gasteiger partial charge >= 0.3 is 23.9 Å². The van der Waals surface area contributed by atoms with E-state index in [0.717, 1.165) is 23.3 Å². The Labute approximate surface area is 684 Å². The number of quaternary nitrogens is 1. The molecule has 5 heterocycles. The molecular weight excluding hydrogens is 1520 g/mol. The predicted molar refractivity (Wildman–Crippen MR) is 440 cm³/mol. The Morgan fingerprint density at radius 1 is 0.822 bits per heavy atom. The van der Waals surface area contributed by atoms with Gasteiger partial charge in [0.1, 0.15) is 53.4 Å². The molecule has 6 aliphatic rings. The van der Waals surface area contributed by atoms with Crippen molar-refractivity contribution < 1.29 is 101 Å². The molecule has 10 rings (SSSR count). The van der Waals surface area contributed by atoms with E-state index < -0.39 is 124 Å². The summed E-state index contributed by atoms with van der Waals surface area (Å²) in [5.41, 5.74) is 6.60. The number of aromatic nitrogens is 1. The van der Waals surface area contributed by atoms with Gasteiger partial charge < -0.3 is 84.9 Å². The first kappa shape index (κ1) is 88.8. The number of aromatic hydroxyl groups is 2. The van der Waals surface area contributed by atoms with Crippen LogP contribution in [0.2, 0.25) is 0 Å². The SMILES string of the molecule is CO[C@H]1/C=C/O[C@@]2(C)Oc3c(C)c(O)c4c(=O)c(c5oc6cc(N7CCC([N+](C)(C)Cc8ccc(NC(=O)OCc9ccc(NC(=O)[C@H](CCCNC(N)=O)CC(=O)[C@@H](NC(=O)CCCCCN%10C(=O)C=CC%10=O)C(C)C)cc9)cc8)CC7)cc(O)c6nc-5c4c3C2=O)NC(=O)/C(C)=C\C=C\[C@H](C)[C@H](O)[C@@H](C)[C@@H](O)[C@@H](C)[C@H](OC(C)=O)[C@@H]1C. The number of aliphatic hydroxyl groups is 2. The van der Waals surface area contributed by atoms with Crippen molar-refractivity contribution in [3.63, 3.8) is 0 Å². The van der Waals surface area contributed by atoms with Gasteiger partial charge in [0, 0.05) is 166 Å². The fourth-order valence-corrected chi connectivity index (χ4v) is 15.9. The molecule has 1 saturated heterocycles. The fraction of sp³-hybridized carbons (Fsp3) is 0.471. The number of carbonyl (C=O) groups is 10. The van der Waals surface area contributed by atoms with Crippen LogP contribution in [0.5, 0.6) is 17.2 Å². The number of imide groups is 1. The molecule has 0 unspecified atom stereocenters. The molecule has 11 atom stereocenters. The lowest BCUT2D eigenvalue weighted by Crippen LogP contribution is -2.53. The van der Waals surface area contributed by atoms with Crippen molar-refractivity contribution in [1.82, 2.24) is 20.5 Å². The normalized spacial score (nSPS) is 23.0. The van der Waals surface area contributed by atoms with Crippen LogP contribution >= 0.6 is 0 Å². The van der Waals surface area contributed by atoms with Crippen LogP contribution in [0, 0.1) is 42.4 Å². The third-order valence-electron chi connectivity index (χ3n) is 23.0. The van der Waals surface area contributed by atoms with E-state index in [1.54, 1.807) is 102 Å². The van der Waals surface area contributed by atoms with Gasteiger partial charge in [-0.2, -0.15) is 0 Å². The van der Waals surface area contributed by atoms with Crippen molar-refractivity contribution >= 4 is 104 Å². The highest BCUT2D eigenvalue weighted by Gasteiger charge is 2.51. The number of urea groups is 1. The number of phenolic OH excluding ortho intramolecular Hbond substituents is 2. The molecule has 0 radical (unpaired) electrons. The number of rotatable bonds is 26. The van der Waals surface area contributed by atoms with Gasteiger partial charge in [0.05, 0.1) is 61.7 Å². The van der Waals surface area contributed by atoms with Crippen LogP contribution in [0.1, 0.15) is 147 Å². The van der Waals surface area contributed by atoms with Crippen molar-refractivity contribution in [1.29, 1.82) is 0 Å². The van der Waals surface area contributed by atoms with Crippen LogP contribution in [0.4, 0.5) is 32.3 Å². The molecular formula is C87H109N10O21+. The number of esters is 1. The van der Waals surface area contributed by atoms with Crippen molar-refractivity contribution in [3.05, 3.63) is 141 Å². The Kier molecular flexibility index (Phi) is 28.8. The number of allylic oxidation sites excluding steroid dienone is 2. The number of Topliss-reactive ketones (excluding diaryl/α,β-unsaturated/α-hetero) is 2. The summed E-state index contributed by atoms with van der Waals surface area (Å²) in [5.74, 6) is -11.5. The van der Waals surface area contributed by atoms with Crippen LogP contribution in [0.25, 0.3) is 33.3 Å². The quantitative estimate of drug-likeness (QED) is 0.00602. The summed E-state index contributed by atoms with van der Waals surface area (Å²) in [6, 6.07) is 15.9. The van der Waals surface area contributed by atoms with E-state index in [1.807, 2.05) is 12.1 Å². The van der Waals surface area contributed by atoms with Gasteiger partial charge in [-0.25, -0.2) is 14.6 Å². The van der Waals surface area contributed by atoms with Crippen LogP contribution in [0.15, 0.2) is 118 Å². The molecule has 4 aromatic rings. The summed E-state index contributed by atoms with van der Waals surface area (Å²) in [5, 5.41) is 60.5. The number of anilines is 4. The highest BCUT2D eigenvalue weighted by molar-refractivity contribution is 6.22. The smallest absolute Gasteiger partial charge is 0.411 e. The molecule has 0 spiro atoms. The molecule has 8 amide bonds. The van der Waals surface area contributed by atoms with Crippen LogP contribution in [-0.2, 0) is 65.7 Å². The zero-order chi connectivity index (χ0) is 85.9. The first-order valence-corrected chi connectivity index (χ1v) is 39.9. The number of benzene rings is 5. The molecule has 31 heteroatoms. The Hall–Kier alpha value is -11.5. The highest BCUT2D eigenvalue weighted by atomic mass is 16.7. The zero-order valence-electron chi connectivity index (χ0n) is 68.9. The molecule has 5 aliphatic heterocycles. The summed E-state index contributed by atoms with van der Waals surface area (Å²) < 4.78 is 37.0. The molecule has 4 bridgehead atoms. The Morgan fingerprint density at radius 2 is 1.48 bits per heavy atom. The predicted octanol–water partition coefficient (Wildman–Crippen LogP) is 10.2. The third kappa shape index (κ3) is 20.7. The summed E-state index contributed by atoms with van der Waals surface area (Å²) in [6.07, 6.45) is 8.40. The number of ketones is 2. The van der Waals surface area contributed by atoms with E-state index in [1.165, 1.54) is 65.4 Å². The van der Waals surface area contributed by atoms with Gasteiger partial charge in [-0.3, -0.25) is 53.4 Å². The minimum atomic E-state index is -2.15. The minimum Gasteiger partial charge on any atom is -0.507 e. The number of nitrogens with zero attached hydrogens (tertiary/aromatic N) is 4. The third-order valence-corrected chi connectivity index (χ3v) is 23.0. The van der Waals surface area contributed by atoms with Gasteiger partial charge in [-0.1, -0.05) is 90.5 Å². The largest absolute Gasteiger partial charge is 0.507 e. The van der Waals surface area contributed by atoms with Gasteiger partial charge in [-0.05, 0) is 81.4 Å². The van der Waals surface area contributed by atoms with Gasteiger partial charge in [-0.15, -0.1) is 0 Å². The van der Waals surface area contributed by atoms with Gasteiger partial charge in [0.25, 0.3) is 23.5 Å². The van der Waals surface area contributed by atoms with Crippen LogP contribution in [-0.4, -0.2) is 184 Å². The summed E-state index contributed by atoms with van der Waals surface area (Å²) in [7, 11) is 5.71. The second kappa shape index (κ2) is 38.2. The van der Waals surface area contributed by atoms with E-state index in [2.05, 4.69) is 45.6 Å². The molecule has 4 aromatic carbocycles. The first-order valence-electron chi connectivity index (χ1n) is 39.9. The number of amides is 8. The number of ether oxygens (including phenoxy) is 5. The maximum atomic E-state index is 15.2. The standard InChI is InChI=1S/C87H108N10O21/c1-46(2)71(92-65(101)22-15-14-16-37-96-66(102)31-32-67(96)103)61(99)41-56(21-18-36-89-85(88)111)84(110)90-57-29-25-55(26-30-57)45-114-86(112)91-58-27-23-54(24-28-58)44-97(11,12)60-33-38-95(39-34-60)59-42-62(100)72-64(43-59)117-81-73(93-72)68-69-77(106)52(8)80-70(68)82(108)87(10,118-80)115-40-35-63(113-13)49(5)79(116-53(9)98)51(7)76(105)50(6)75(104)47(3)19-17-20-48(4)83(109)94-74(81)78(69)107/h17,19-20,23-32,35,40,42-43,46-47,49-51,56,60,63,71,75-76,79,104-105H,14-16,18,21-22,33-34,36-39,41,44-45H2,1-13H3,(H8-,88,89,90,91,92,93,94,100,101,102,103,106,107,108,109,110,111,112)/p+1/b19-17+,40-35+,48-20-/t47-,49+,50+,51+,56+,63-,71-,75-,76+,79+,87-/m0/s1. The monoisotopic (exact) mass is 1630 g/mol. The Bertz CT molecular complexity index is 4930. The number of methoxy groups -OCH3 is 1. The Balaban J connectivity index is 0.784.